The number of esters is 1. The van der Waals surface area contributed by atoms with E-state index in [1.807, 2.05) is 0 Å². The second-order valence-corrected chi connectivity index (χ2v) is 7.23. The molecular formula is C21H29NO5. The van der Waals surface area contributed by atoms with E-state index in [9.17, 15) is 14.7 Å². The van der Waals surface area contributed by atoms with Crippen molar-refractivity contribution in [2.24, 2.45) is 11.8 Å². The van der Waals surface area contributed by atoms with Crippen LogP contribution in [0.1, 0.15) is 45.6 Å². The molecule has 1 aliphatic carbocycles. The van der Waals surface area contributed by atoms with E-state index in [-0.39, 0.29) is 17.7 Å². The number of benzene rings is 1. The molecule has 1 saturated carbocycles. The molecule has 2 N–H and O–H groups in total. The summed E-state index contributed by atoms with van der Waals surface area (Å²) < 4.78 is 10.2. The number of aromatic hydroxyl groups is 1. The highest BCUT2D eigenvalue weighted by molar-refractivity contribution is 5.90. The largest absolute Gasteiger partial charge is 0.504 e. The van der Waals surface area contributed by atoms with E-state index in [1.54, 1.807) is 25.1 Å². The van der Waals surface area contributed by atoms with Gasteiger partial charge in [-0.1, -0.05) is 32.8 Å². The number of rotatable bonds is 6. The predicted molar refractivity (Wildman–Crippen MR) is 103 cm³/mol. The zero-order valence-corrected chi connectivity index (χ0v) is 16.4. The van der Waals surface area contributed by atoms with Gasteiger partial charge in [0.15, 0.2) is 17.6 Å². The molecule has 1 aromatic carbocycles. The van der Waals surface area contributed by atoms with Crippen molar-refractivity contribution in [1.82, 2.24) is 5.32 Å². The molecule has 0 heterocycles. The summed E-state index contributed by atoms with van der Waals surface area (Å²) in [6.07, 6.45) is 5.18. The number of nitrogens with one attached hydrogen (secondary N) is 1. The maximum Gasteiger partial charge on any atom is 0.331 e. The average molecular weight is 375 g/mol. The van der Waals surface area contributed by atoms with Crippen molar-refractivity contribution in [3.63, 3.8) is 0 Å². The molecule has 0 aromatic heterocycles. The quantitative estimate of drug-likeness (QED) is 0.589. The summed E-state index contributed by atoms with van der Waals surface area (Å²) in [5, 5.41) is 12.6. The summed E-state index contributed by atoms with van der Waals surface area (Å²) in [5.74, 6) is 0.453. The summed E-state index contributed by atoms with van der Waals surface area (Å²) in [6.45, 7) is 5.93. The number of hydrogen-bond acceptors (Lipinski definition) is 5. The maximum absolute atomic E-state index is 12.3. The summed E-state index contributed by atoms with van der Waals surface area (Å²) in [7, 11) is 1.45. The molecule has 1 aromatic rings. The minimum absolute atomic E-state index is 0.0220. The molecule has 0 bridgehead atoms. The molecule has 0 radical (unpaired) electrons. The summed E-state index contributed by atoms with van der Waals surface area (Å²) >= 11 is 0. The number of ether oxygens (including phenoxy) is 2. The lowest BCUT2D eigenvalue weighted by atomic mass is 9.78. The topological polar surface area (TPSA) is 84.9 Å². The van der Waals surface area contributed by atoms with Crippen molar-refractivity contribution >= 4 is 18.0 Å². The Morgan fingerprint density at radius 3 is 2.74 bits per heavy atom. The Balaban J connectivity index is 1.88. The van der Waals surface area contributed by atoms with Crippen molar-refractivity contribution in [2.45, 2.75) is 52.2 Å². The van der Waals surface area contributed by atoms with Crippen LogP contribution in [0.4, 0.5) is 0 Å². The molecule has 6 heteroatoms. The van der Waals surface area contributed by atoms with Crippen LogP contribution in [-0.4, -0.2) is 36.2 Å². The van der Waals surface area contributed by atoms with Gasteiger partial charge in [-0.25, -0.2) is 4.79 Å². The van der Waals surface area contributed by atoms with Crippen molar-refractivity contribution in [2.75, 3.05) is 7.11 Å². The second kappa shape index (κ2) is 9.44. The van der Waals surface area contributed by atoms with Crippen LogP contribution in [-0.2, 0) is 14.3 Å². The first-order chi connectivity index (χ1) is 12.8. The highest BCUT2D eigenvalue weighted by Gasteiger charge is 2.29. The lowest BCUT2D eigenvalue weighted by Gasteiger charge is -2.35. The Kier molecular flexibility index (Phi) is 7.28. The molecule has 0 spiro atoms. The number of carbonyl (C=O) groups excluding carboxylic acids is 2. The van der Waals surface area contributed by atoms with Crippen LogP contribution >= 0.6 is 0 Å². The van der Waals surface area contributed by atoms with Gasteiger partial charge in [0.05, 0.1) is 7.11 Å². The number of hydrogen-bond donors (Lipinski definition) is 2. The zero-order valence-electron chi connectivity index (χ0n) is 16.4. The van der Waals surface area contributed by atoms with Crippen LogP contribution in [0, 0.1) is 11.8 Å². The number of carbonyl (C=O) groups is 2. The van der Waals surface area contributed by atoms with E-state index < -0.39 is 12.1 Å². The third-order valence-electron chi connectivity index (χ3n) is 5.31. The average Bonchev–Trinajstić information content (AvgIpc) is 2.64. The van der Waals surface area contributed by atoms with Crippen LogP contribution in [0.3, 0.4) is 0 Å². The van der Waals surface area contributed by atoms with Gasteiger partial charge in [0.25, 0.3) is 5.91 Å². The molecule has 0 unspecified atom stereocenters. The number of phenolic OH excluding ortho intramolecular Hbond substituents is 1. The second-order valence-electron chi connectivity index (χ2n) is 7.23. The van der Waals surface area contributed by atoms with Crippen molar-refractivity contribution < 1.29 is 24.2 Å². The van der Waals surface area contributed by atoms with Gasteiger partial charge < -0.3 is 19.9 Å². The van der Waals surface area contributed by atoms with E-state index in [0.29, 0.717) is 23.1 Å². The summed E-state index contributed by atoms with van der Waals surface area (Å²) in [5.41, 5.74) is 0.670. The van der Waals surface area contributed by atoms with Gasteiger partial charge in [-0.15, -0.1) is 0 Å². The van der Waals surface area contributed by atoms with Crippen LogP contribution in [0.15, 0.2) is 24.3 Å². The fraction of sp³-hybridized carbons (Fsp3) is 0.524. The van der Waals surface area contributed by atoms with Crippen LogP contribution in [0.5, 0.6) is 11.5 Å². The first-order valence-corrected chi connectivity index (χ1v) is 9.38. The van der Waals surface area contributed by atoms with E-state index in [0.717, 1.165) is 12.8 Å². The first kappa shape index (κ1) is 20.8. The fourth-order valence-electron chi connectivity index (χ4n) is 3.31. The van der Waals surface area contributed by atoms with Gasteiger partial charge in [0, 0.05) is 12.1 Å². The number of methoxy groups -OCH3 is 1. The monoisotopic (exact) mass is 375 g/mol. The lowest BCUT2D eigenvalue weighted by molar-refractivity contribution is -0.150. The van der Waals surface area contributed by atoms with Crippen LogP contribution in [0.2, 0.25) is 0 Å². The highest BCUT2D eigenvalue weighted by Crippen LogP contribution is 2.29. The molecule has 0 saturated heterocycles. The Bertz CT molecular complexity index is 700. The fourth-order valence-corrected chi connectivity index (χ4v) is 3.31. The molecule has 27 heavy (non-hydrogen) atoms. The number of phenols is 1. The van der Waals surface area contributed by atoms with Crippen LogP contribution in [0.25, 0.3) is 6.08 Å². The molecule has 4 atom stereocenters. The molecule has 1 aliphatic rings. The van der Waals surface area contributed by atoms with Crippen molar-refractivity contribution in [3.05, 3.63) is 29.8 Å². The SMILES string of the molecule is COc1cc(/C=C/C(=O)O[C@H](C)C(=O)N[C@H]2CCC[C@H](C)[C@H]2C)ccc1O. The molecule has 1 amide bonds. The standard InChI is InChI=1S/C21H29NO5/c1-13-6-5-7-17(14(13)2)22-21(25)15(3)27-20(24)11-9-16-8-10-18(23)19(12-16)26-4/h8-15,17,23H,5-7H2,1-4H3,(H,22,25)/b11-9+/t13-,14+,15+,17-/m0/s1. The molecule has 0 aliphatic heterocycles. The van der Waals surface area contributed by atoms with Gasteiger partial charge >= 0.3 is 5.97 Å². The van der Waals surface area contributed by atoms with E-state index >= 15 is 0 Å². The van der Waals surface area contributed by atoms with Crippen LogP contribution < -0.4 is 10.1 Å². The van der Waals surface area contributed by atoms with Gasteiger partial charge in [0.2, 0.25) is 0 Å². The van der Waals surface area contributed by atoms with Gasteiger partial charge in [-0.3, -0.25) is 4.79 Å². The van der Waals surface area contributed by atoms with Gasteiger partial charge in [0.1, 0.15) is 0 Å². The molecule has 6 nitrogen and oxygen atoms in total. The molecule has 148 valence electrons. The normalized spacial score (nSPS) is 23.6. The molecule has 1 fully saturated rings. The number of amides is 1. The van der Waals surface area contributed by atoms with Crippen molar-refractivity contribution in [1.29, 1.82) is 0 Å². The van der Waals surface area contributed by atoms with Crippen molar-refractivity contribution in [3.8, 4) is 11.5 Å². The highest BCUT2D eigenvalue weighted by atomic mass is 16.5. The minimum Gasteiger partial charge on any atom is -0.504 e. The Labute approximate surface area is 160 Å². The van der Waals surface area contributed by atoms with E-state index in [4.69, 9.17) is 9.47 Å². The Morgan fingerprint density at radius 1 is 1.30 bits per heavy atom. The zero-order chi connectivity index (χ0) is 20.0. The predicted octanol–water partition coefficient (Wildman–Crippen LogP) is 3.29. The smallest absolute Gasteiger partial charge is 0.331 e. The maximum atomic E-state index is 12.3. The molecule has 2 rings (SSSR count). The van der Waals surface area contributed by atoms with E-state index in [1.165, 1.54) is 25.7 Å². The minimum atomic E-state index is -0.860. The Morgan fingerprint density at radius 2 is 2.04 bits per heavy atom. The molecular weight excluding hydrogens is 346 g/mol. The first-order valence-electron chi connectivity index (χ1n) is 9.38. The van der Waals surface area contributed by atoms with E-state index in [2.05, 4.69) is 19.2 Å². The third-order valence-corrected chi connectivity index (χ3v) is 5.31. The van der Waals surface area contributed by atoms with Gasteiger partial charge in [-0.05, 0) is 49.0 Å². The third kappa shape index (κ3) is 5.74. The lowest BCUT2D eigenvalue weighted by Crippen LogP contribution is -2.47. The summed E-state index contributed by atoms with van der Waals surface area (Å²) in [6, 6.07) is 4.85. The van der Waals surface area contributed by atoms with Gasteiger partial charge in [-0.2, -0.15) is 0 Å². The Hall–Kier alpha value is -2.50. The summed E-state index contributed by atoms with van der Waals surface area (Å²) in [4.78, 5) is 24.3.